The lowest BCUT2D eigenvalue weighted by molar-refractivity contribution is 0.229. The number of ether oxygens (including phenoxy) is 2. The van der Waals surface area contributed by atoms with Crippen molar-refractivity contribution in [3.8, 4) is 11.5 Å². The molecule has 126 valence electrons. The highest BCUT2D eigenvalue weighted by molar-refractivity contribution is 5.78. The quantitative estimate of drug-likeness (QED) is 0.646. The number of hydrogen-bond donors (Lipinski definition) is 0. The first-order chi connectivity index (χ1) is 11.5. The Bertz CT molecular complexity index is 657. The summed E-state index contributed by atoms with van der Waals surface area (Å²) in [5, 5.41) is 0. The van der Waals surface area contributed by atoms with Gasteiger partial charge in [-0.3, -0.25) is 0 Å². The molecule has 0 N–H and O–H groups in total. The van der Waals surface area contributed by atoms with Crippen LogP contribution in [0.2, 0.25) is 0 Å². The molecule has 2 rings (SSSR count). The van der Waals surface area contributed by atoms with E-state index in [4.69, 9.17) is 16.1 Å². The second-order valence-electron chi connectivity index (χ2n) is 6.77. The standard InChI is InChI=1S/C22H26O2/c1-16(2)14-23-21-12-11-20(13-22(21)24-15-17(3)4)18(5)19-9-7-6-8-10-19/h5,7-13,16-17H,14-15H2,1-4H3. The van der Waals surface area contributed by atoms with Crippen LogP contribution in [0, 0.1) is 24.5 Å². The molecule has 0 unspecified atom stereocenters. The van der Waals surface area contributed by atoms with Gasteiger partial charge in [0.1, 0.15) is 0 Å². The minimum Gasteiger partial charge on any atom is -0.489 e. The predicted molar refractivity (Wildman–Crippen MR) is 99.2 cm³/mol. The molecule has 0 atom stereocenters. The van der Waals surface area contributed by atoms with Crippen molar-refractivity contribution in [2.75, 3.05) is 13.2 Å². The molecule has 2 aromatic carbocycles. The van der Waals surface area contributed by atoms with Crippen LogP contribution in [-0.4, -0.2) is 13.2 Å². The number of hydrogen-bond acceptors (Lipinski definition) is 2. The molecule has 0 spiro atoms. The normalized spacial score (nSPS) is 10.9. The summed E-state index contributed by atoms with van der Waals surface area (Å²) in [7, 11) is 0. The van der Waals surface area contributed by atoms with Gasteiger partial charge < -0.3 is 9.47 Å². The molecule has 0 aliphatic carbocycles. The molecule has 0 fully saturated rings. The van der Waals surface area contributed by atoms with Crippen molar-refractivity contribution in [2.24, 2.45) is 11.8 Å². The van der Waals surface area contributed by atoms with Crippen molar-refractivity contribution in [3.05, 3.63) is 66.2 Å². The van der Waals surface area contributed by atoms with Gasteiger partial charge in [0.2, 0.25) is 0 Å². The highest BCUT2D eigenvalue weighted by Crippen LogP contribution is 2.33. The van der Waals surface area contributed by atoms with Gasteiger partial charge in [0.15, 0.2) is 11.5 Å². The van der Waals surface area contributed by atoms with Crippen molar-refractivity contribution in [1.29, 1.82) is 0 Å². The summed E-state index contributed by atoms with van der Waals surface area (Å²) in [4.78, 5) is 0. The fourth-order valence-corrected chi connectivity index (χ4v) is 2.15. The molecule has 0 aromatic heterocycles. The second-order valence-corrected chi connectivity index (χ2v) is 6.77. The molecule has 2 aromatic rings. The molecule has 0 aliphatic rings. The summed E-state index contributed by atoms with van der Waals surface area (Å²) in [6.07, 6.45) is 0. The first kappa shape index (κ1) is 18.1. The average Bonchev–Trinajstić information content (AvgIpc) is 2.58. The predicted octanol–water partition coefficient (Wildman–Crippen LogP) is 5.42. The lowest BCUT2D eigenvalue weighted by Crippen LogP contribution is -2.09. The monoisotopic (exact) mass is 322 g/mol. The van der Waals surface area contributed by atoms with Gasteiger partial charge >= 0.3 is 0 Å². The van der Waals surface area contributed by atoms with E-state index in [2.05, 4.69) is 33.8 Å². The van der Waals surface area contributed by atoms with Crippen molar-refractivity contribution >= 4 is 5.57 Å². The van der Waals surface area contributed by atoms with Gasteiger partial charge in [0, 0.05) is 0 Å². The first-order valence-electron chi connectivity index (χ1n) is 8.46. The number of rotatable bonds is 8. The highest BCUT2D eigenvalue weighted by atomic mass is 16.5. The Kier molecular flexibility index (Phi) is 6.48. The molecule has 24 heavy (non-hydrogen) atoms. The molecule has 0 heterocycles. The van der Waals surface area contributed by atoms with Crippen LogP contribution in [0.5, 0.6) is 11.5 Å². The molecule has 0 aliphatic heterocycles. The minimum absolute atomic E-state index is 0.442. The molecule has 2 radical (unpaired) electrons. The second kappa shape index (κ2) is 8.58. The Morgan fingerprint density at radius 2 is 1.46 bits per heavy atom. The van der Waals surface area contributed by atoms with E-state index in [0.717, 1.165) is 22.6 Å². The van der Waals surface area contributed by atoms with Gasteiger partial charge in [0.25, 0.3) is 0 Å². The van der Waals surface area contributed by atoms with Gasteiger partial charge in [-0.15, -0.1) is 0 Å². The van der Waals surface area contributed by atoms with Gasteiger partial charge in [0.05, 0.1) is 13.2 Å². The first-order valence-corrected chi connectivity index (χ1v) is 8.46. The van der Waals surface area contributed by atoms with E-state index < -0.39 is 0 Å². The third-order valence-corrected chi connectivity index (χ3v) is 3.43. The minimum atomic E-state index is 0.442. The summed E-state index contributed by atoms with van der Waals surface area (Å²) >= 11 is 0. The van der Waals surface area contributed by atoms with E-state index in [1.54, 1.807) is 0 Å². The van der Waals surface area contributed by atoms with Crippen LogP contribution in [0.25, 0.3) is 5.57 Å². The van der Waals surface area contributed by atoms with E-state index in [9.17, 15) is 0 Å². The lowest BCUT2D eigenvalue weighted by atomic mass is 9.99. The van der Waals surface area contributed by atoms with Crippen LogP contribution in [0.15, 0.2) is 42.5 Å². The van der Waals surface area contributed by atoms with Gasteiger partial charge in [-0.1, -0.05) is 64.6 Å². The molecule has 2 nitrogen and oxygen atoms in total. The van der Waals surface area contributed by atoms with Crippen molar-refractivity contribution < 1.29 is 9.47 Å². The molecular weight excluding hydrogens is 296 g/mol. The maximum atomic E-state index is 6.32. The maximum Gasteiger partial charge on any atom is 0.161 e. The molecule has 0 saturated carbocycles. The fraction of sp³-hybridized carbons (Fsp3) is 0.364. The van der Waals surface area contributed by atoms with E-state index in [1.165, 1.54) is 0 Å². The zero-order valence-corrected chi connectivity index (χ0v) is 15.0. The Hall–Kier alpha value is -2.22. The zero-order valence-electron chi connectivity index (χ0n) is 15.0. The third-order valence-electron chi connectivity index (χ3n) is 3.43. The van der Waals surface area contributed by atoms with E-state index in [1.807, 2.05) is 42.5 Å². The molecule has 2 heteroatoms. The van der Waals surface area contributed by atoms with Crippen LogP contribution < -0.4 is 9.47 Å². The fourth-order valence-electron chi connectivity index (χ4n) is 2.15. The summed E-state index contributed by atoms with van der Waals surface area (Å²) < 4.78 is 11.8. The Morgan fingerprint density at radius 3 is 2.04 bits per heavy atom. The topological polar surface area (TPSA) is 18.5 Å². The van der Waals surface area contributed by atoms with E-state index in [-0.39, 0.29) is 0 Å². The van der Waals surface area contributed by atoms with Crippen molar-refractivity contribution in [3.63, 3.8) is 0 Å². The van der Waals surface area contributed by atoms with Crippen molar-refractivity contribution in [2.45, 2.75) is 27.7 Å². The van der Waals surface area contributed by atoms with E-state index >= 15 is 0 Å². The third kappa shape index (κ3) is 5.16. The maximum absolute atomic E-state index is 6.32. The summed E-state index contributed by atoms with van der Waals surface area (Å²) in [5.41, 5.74) is 2.62. The Labute approximate surface area is 146 Å². The SMILES string of the molecule is [CH]=C(c1cc[c]cc1)c1ccc(OCC(C)C)c(OCC(C)C)c1. The largest absolute Gasteiger partial charge is 0.489 e. The van der Waals surface area contributed by atoms with Gasteiger partial charge in [-0.2, -0.15) is 0 Å². The highest BCUT2D eigenvalue weighted by Gasteiger charge is 2.11. The van der Waals surface area contributed by atoms with Gasteiger partial charge in [-0.05, 0) is 46.7 Å². The van der Waals surface area contributed by atoms with Crippen LogP contribution in [-0.2, 0) is 0 Å². The summed E-state index contributed by atoms with van der Waals surface area (Å²) in [6.45, 7) is 16.1. The zero-order chi connectivity index (χ0) is 17.5. The van der Waals surface area contributed by atoms with Crippen LogP contribution >= 0.6 is 0 Å². The summed E-state index contributed by atoms with van der Waals surface area (Å²) in [6, 6.07) is 16.5. The van der Waals surface area contributed by atoms with E-state index in [0.29, 0.717) is 30.6 Å². The molecule has 0 saturated heterocycles. The van der Waals surface area contributed by atoms with Crippen LogP contribution in [0.1, 0.15) is 38.8 Å². The average molecular weight is 322 g/mol. The molecule has 0 bridgehead atoms. The lowest BCUT2D eigenvalue weighted by Gasteiger charge is -2.17. The molecule has 0 amide bonds. The smallest absolute Gasteiger partial charge is 0.161 e. The molecular formula is C22H26O2. The Balaban J connectivity index is 2.26. The van der Waals surface area contributed by atoms with Crippen molar-refractivity contribution in [1.82, 2.24) is 0 Å². The van der Waals surface area contributed by atoms with Crippen LogP contribution in [0.3, 0.4) is 0 Å². The Morgan fingerprint density at radius 1 is 0.875 bits per heavy atom. The number of benzene rings is 2. The van der Waals surface area contributed by atoms with Gasteiger partial charge in [-0.25, -0.2) is 0 Å². The van der Waals surface area contributed by atoms with Crippen LogP contribution in [0.4, 0.5) is 0 Å². The summed E-state index contributed by atoms with van der Waals surface area (Å²) in [5.74, 6) is 2.41.